The van der Waals surface area contributed by atoms with Gasteiger partial charge < -0.3 is 20.7 Å². The number of hydrogen-bond donors (Lipinski definition) is 1. The van der Waals surface area contributed by atoms with Crippen LogP contribution >= 0.6 is 0 Å². The molecule has 20 heavy (non-hydrogen) atoms. The highest BCUT2D eigenvalue weighted by Gasteiger charge is 2.22. The lowest BCUT2D eigenvalue weighted by Crippen LogP contribution is -2.53. The molecule has 0 amide bonds. The van der Waals surface area contributed by atoms with Crippen molar-refractivity contribution in [3.63, 3.8) is 0 Å². The molecule has 0 bridgehead atoms. The molecule has 2 rings (SSSR count). The Morgan fingerprint density at radius 2 is 2.00 bits per heavy atom. The molecule has 1 aliphatic heterocycles. The Kier molecular flexibility index (Phi) is 4.20. The van der Waals surface area contributed by atoms with Gasteiger partial charge in [0, 0.05) is 44.3 Å². The van der Waals surface area contributed by atoms with E-state index in [1.165, 1.54) is 6.07 Å². The molecular formula is C13H21N5O2. The highest BCUT2D eigenvalue weighted by Crippen LogP contribution is 2.18. The topological polar surface area (TPSA) is 88.5 Å². The summed E-state index contributed by atoms with van der Waals surface area (Å²) in [7, 11) is 0. The summed E-state index contributed by atoms with van der Waals surface area (Å²) in [5.74, 6) is -0.114. The van der Waals surface area contributed by atoms with Crippen molar-refractivity contribution in [1.29, 1.82) is 0 Å². The molecule has 0 radical (unpaired) electrons. The second-order valence-corrected chi connectivity index (χ2v) is 5.88. The molecular weight excluding hydrogens is 258 g/mol. The lowest BCUT2D eigenvalue weighted by Gasteiger charge is -2.38. The van der Waals surface area contributed by atoms with E-state index in [0.717, 1.165) is 38.4 Å². The van der Waals surface area contributed by atoms with Crippen molar-refractivity contribution in [2.75, 3.05) is 37.6 Å². The van der Waals surface area contributed by atoms with Crippen LogP contribution in [0, 0.1) is 10.1 Å². The number of rotatable bonds is 4. The molecule has 0 saturated carbocycles. The van der Waals surface area contributed by atoms with Crippen LogP contribution in [0.2, 0.25) is 0 Å². The Hall–Kier alpha value is -1.73. The minimum atomic E-state index is -0.481. The molecule has 0 aliphatic carbocycles. The van der Waals surface area contributed by atoms with Gasteiger partial charge >= 0.3 is 5.82 Å². The average Bonchev–Trinajstić information content (AvgIpc) is 2.38. The lowest BCUT2D eigenvalue weighted by atomic mass is 10.1. The minimum Gasteiger partial charge on any atom is -0.366 e. The zero-order chi connectivity index (χ0) is 14.8. The first-order valence-corrected chi connectivity index (χ1v) is 6.72. The summed E-state index contributed by atoms with van der Waals surface area (Å²) in [5, 5.41) is 10.6. The monoisotopic (exact) mass is 279 g/mol. The van der Waals surface area contributed by atoms with E-state index >= 15 is 0 Å². The van der Waals surface area contributed by atoms with E-state index < -0.39 is 4.92 Å². The van der Waals surface area contributed by atoms with Gasteiger partial charge in [0.2, 0.25) is 0 Å². The highest BCUT2D eigenvalue weighted by atomic mass is 16.6. The predicted octanol–water partition coefficient (Wildman–Crippen LogP) is 0.849. The van der Waals surface area contributed by atoms with Crippen molar-refractivity contribution in [2.45, 2.75) is 19.4 Å². The zero-order valence-electron chi connectivity index (χ0n) is 12.0. The van der Waals surface area contributed by atoms with Crippen LogP contribution in [0.5, 0.6) is 0 Å². The number of anilines is 1. The van der Waals surface area contributed by atoms with Crippen LogP contribution in [0.15, 0.2) is 18.3 Å². The van der Waals surface area contributed by atoms with E-state index in [4.69, 9.17) is 5.73 Å². The molecule has 1 saturated heterocycles. The Morgan fingerprint density at radius 1 is 1.35 bits per heavy atom. The molecule has 1 aliphatic rings. The third kappa shape index (κ3) is 3.88. The van der Waals surface area contributed by atoms with Crippen LogP contribution in [0.25, 0.3) is 0 Å². The van der Waals surface area contributed by atoms with Crippen LogP contribution in [-0.4, -0.2) is 53.1 Å². The summed E-state index contributed by atoms with van der Waals surface area (Å²) in [6.45, 7) is 8.58. The largest absolute Gasteiger partial charge is 0.366 e. The first kappa shape index (κ1) is 14.7. The first-order chi connectivity index (χ1) is 9.35. The van der Waals surface area contributed by atoms with E-state index in [0.29, 0.717) is 0 Å². The fourth-order valence-corrected chi connectivity index (χ4v) is 2.41. The van der Waals surface area contributed by atoms with Gasteiger partial charge in [0.25, 0.3) is 0 Å². The molecule has 1 fully saturated rings. The summed E-state index contributed by atoms with van der Waals surface area (Å²) in [6.07, 6.45) is 1.57. The number of piperazine rings is 1. The Labute approximate surface area is 118 Å². The Balaban J connectivity index is 1.92. The summed E-state index contributed by atoms with van der Waals surface area (Å²) in [5.41, 5.74) is 6.78. The first-order valence-electron chi connectivity index (χ1n) is 6.72. The van der Waals surface area contributed by atoms with E-state index in [-0.39, 0.29) is 11.4 Å². The molecule has 1 aromatic heterocycles. The number of hydrogen-bond acceptors (Lipinski definition) is 6. The zero-order valence-corrected chi connectivity index (χ0v) is 12.0. The summed E-state index contributed by atoms with van der Waals surface area (Å²) >= 11 is 0. The van der Waals surface area contributed by atoms with Crippen molar-refractivity contribution < 1.29 is 4.92 Å². The number of aromatic nitrogens is 1. The van der Waals surface area contributed by atoms with Gasteiger partial charge in [-0.2, -0.15) is 0 Å². The van der Waals surface area contributed by atoms with Crippen molar-refractivity contribution >= 4 is 11.5 Å². The van der Waals surface area contributed by atoms with Gasteiger partial charge in [-0.05, 0) is 29.8 Å². The van der Waals surface area contributed by atoms with Gasteiger partial charge in [-0.15, -0.1) is 0 Å². The SMILES string of the molecule is CC(C)(N)CN1CCN(c2ccc([N+](=O)[O-])nc2)CC1. The number of nitrogens with zero attached hydrogens (tertiary/aromatic N) is 4. The third-order valence-corrected chi connectivity index (χ3v) is 3.29. The lowest BCUT2D eigenvalue weighted by molar-refractivity contribution is -0.389. The fraction of sp³-hybridized carbons (Fsp3) is 0.615. The summed E-state index contributed by atoms with van der Waals surface area (Å²) in [6, 6.07) is 3.21. The number of pyridine rings is 1. The van der Waals surface area contributed by atoms with E-state index in [1.54, 1.807) is 12.3 Å². The standard InChI is InChI=1S/C13H21N5O2/c1-13(2,14)10-16-5-7-17(8-6-16)11-3-4-12(15-9-11)18(19)20/h3-4,9H,5-8,10,14H2,1-2H3. The van der Waals surface area contributed by atoms with Gasteiger partial charge in [-0.3, -0.25) is 4.90 Å². The maximum Gasteiger partial charge on any atom is 0.363 e. The molecule has 1 aromatic rings. The average molecular weight is 279 g/mol. The molecule has 0 atom stereocenters. The highest BCUT2D eigenvalue weighted by molar-refractivity contribution is 5.46. The van der Waals surface area contributed by atoms with Gasteiger partial charge in [-0.1, -0.05) is 0 Å². The quantitative estimate of drug-likeness (QED) is 0.649. The van der Waals surface area contributed by atoms with Gasteiger partial charge in [0.05, 0.1) is 5.69 Å². The fourth-order valence-electron chi connectivity index (χ4n) is 2.41. The van der Waals surface area contributed by atoms with Gasteiger partial charge in [-0.25, -0.2) is 0 Å². The van der Waals surface area contributed by atoms with Gasteiger partial charge in [0.1, 0.15) is 0 Å². The normalized spacial score (nSPS) is 17.2. The Morgan fingerprint density at radius 3 is 2.45 bits per heavy atom. The van der Waals surface area contributed by atoms with Crippen molar-refractivity contribution in [3.8, 4) is 0 Å². The number of nitro groups is 1. The second-order valence-electron chi connectivity index (χ2n) is 5.88. The maximum atomic E-state index is 10.6. The molecule has 7 heteroatoms. The second kappa shape index (κ2) is 5.72. The number of nitrogens with two attached hydrogens (primary N) is 1. The van der Waals surface area contributed by atoms with E-state index in [1.807, 2.05) is 13.8 Å². The van der Waals surface area contributed by atoms with Crippen LogP contribution in [0.1, 0.15) is 13.8 Å². The van der Waals surface area contributed by atoms with Crippen LogP contribution in [0.3, 0.4) is 0 Å². The molecule has 110 valence electrons. The van der Waals surface area contributed by atoms with Crippen molar-refractivity contribution in [1.82, 2.24) is 9.88 Å². The van der Waals surface area contributed by atoms with Crippen LogP contribution in [-0.2, 0) is 0 Å². The van der Waals surface area contributed by atoms with Crippen LogP contribution in [0.4, 0.5) is 11.5 Å². The molecule has 0 unspecified atom stereocenters. The predicted molar refractivity (Wildman–Crippen MR) is 77.8 cm³/mol. The van der Waals surface area contributed by atoms with Crippen molar-refractivity contribution in [2.24, 2.45) is 5.73 Å². The van der Waals surface area contributed by atoms with Gasteiger partial charge in [0.15, 0.2) is 6.20 Å². The molecule has 2 heterocycles. The minimum absolute atomic E-state index is 0.114. The summed E-state index contributed by atoms with van der Waals surface area (Å²) < 4.78 is 0. The molecule has 2 N–H and O–H groups in total. The molecule has 0 spiro atoms. The van der Waals surface area contributed by atoms with Crippen LogP contribution < -0.4 is 10.6 Å². The summed E-state index contributed by atoms with van der Waals surface area (Å²) in [4.78, 5) is 18.5. The van der Waals surface area contributed by atoms with Crippen molar-refractivity contribution in [3.05, 3.63) is 28.4 Å². The molecule has 0 aromatic carbocycles. The smallest absolute Gasteiger partial charge is 0.363 e. The maximum absolute atomic E-state index is 10.6. The van der Waals surface area contributed by atoms with E-state index in [2.05, 4.69) is 14.8 Å². The Bertz CT molecular complexity index is 461. The molecule has 7 nitrogen and oxygen atoms in total. The third-order valence-electron chi connectivity index (χ3n) is 3.29. The van der Waals surface area contributed by atoms with E-state index in [9.17, 15) is 10.1 Å².